The molecule has 1 saturated carbocycles. The van der Waals surface area contributed by atoms with E-state index in [2.05, 4.69) is 0 Å². The van der Waals surface area contributed by atoms with Crippen LogP contribution >= 0.6 is 11.3 Å². The number of sulfonamides is 1. The van der Waals surface area contributed by atoms with Gasteiger partial charge in [0, 0.05) is 23.8 Å². The first-order chi connectivity index (χ1) is 9.04. The molecule has 1 aliphatic rings. The fraction of sp³-hybridized carbons (Fsp3) is 0.692. The second-order valence-electron chi connectivity index (χ2n) is 5.20. The van der Waals surface area contributed by atoms with Gasteiger partial charge >= 0.3 is 0 Å². The Morgan fingerprint density at radius 3 is 2.63 bits per heavy atom. The number of thiophene rings is 1. The SMILES string of the molecule is CN(CC1CCCCC1)S(=O)(=O)c1csc(CO)c1. The summed E-state index contributed by atoms with van der Waals surface area (Å²) < 4.78 is 26.2. The van der Waals surface area contributed by atoms with Crippen LogP contribution in [0.15, 0.2) is 16.3 Å². The summed E-state index contributed by atoms with van der Waals surface area (Å²) >= 11 is 1.28. The van der Waals surface area contributed by atoms with E-state index in [1.54, 1.807) is 18.5 Å². The monoisotopic (exact) mass is 303 g/mol. The van der Waals surface area contributed by atoms with E-state index in [0.29, 0.717) is 22.2 Å². The highest BCUT2D eigenvalue weighted by atomic mass is 32.2. The molecule has 0 radical (unpaired) electrons. The van der Waals surface area contributed by atoms with Gasteiger partial charge in [-0.2, -0.15) is 0 Å². The maximum Gasteiger partial charge on any atom is 0.243 e. The minimum atomic E-state index is -3.39. The fourth-order valence-electron chi connectivity index (χ4n) is 2.59. The second-order valence-corrected chi connectivity index (χ2v) is 8.24. The van der Waals surface area contributed by atoms with Crippen LogP contribution in [0.4, 0.5) is 0 Å². The second kappa shape index (κ2) is 6.35. The summed E-state index contributed by atoms with van der Waals surface area (Å²) in [5.41, 5.74) is 0. The number of aliphatic hydroxyl groups is 1. The minimum Gasteiger partial charge on any atom is -0.391 e. The van der Waals surface area contributed by atoms with Crippen molar-refractivity contribution < 1.29 is 13.5 Å². The molecule has 0 saturated heterocycles. The van der Waals surface area contributed by atoms with Gasteiger partial charge in [-0.15, -0.1) is 11.3 Å². The van der Waals surface area contributed by atoms with E-state index in [4.69, 9.17) is 5.11 Å². The summed E-state index contributed by atoms with van der Waals surface area (Å²) in [5, 5.41) is 10.6. The molecule has 1 heterocycles. The van der Waals surface area contributed by atoms with Crippen LogP contribution in [0.5, 0.6) is 0 Å². The van der Waals surface area contributed by atoms with Gasteiger partial charge in [0.15, 0.2) is 0 Å². The zero-order valence-electron chi connectivity index (χ0n) is 11.2. The lowest BCUT2D eigenvalue weighted by Crippen LogP contribution is -2.32. The van der Waals surface area contributed by atoms with Crippen LogP contribution < -0.4 is 0 Å². The van der Waals surface area contributed by atoms with Crippen molar-refractivity contribution in [3.63, 3.8) is 0 Å². The normalized spacial score (nSPS) is 18.1. The third-order valence-electron chi connectivity index (χ3n) is 3.73. The quantitative estimate of drug-likeness (QED) is 0.909. The number of hydrogen-bond donors (Lipinski definition) is 1. The van der Waals surface area contributed by atoms with Crippen LogP contribution in [0.2, 0.25) is 0 Å². The third-order valence-corrected chi connectivity index (χ3v) is 6.61. The Bertz CT molecular complexity index is 504. The molecule has 4 nitrogen and oxygen atoms in total. The Labute approximate surface area is 119 Å². The Kier molecular flexibility index (Phi) is 5.00. The highest BCUT2D eigenvalue weighted by molar-refractivity contribution is 7.89. The van der Waals surface area contributed by atoms with Gasteiger partial charge in [-0.25, -0.2) is 12.7 Å². The predicted octanol–water partition coefficient (Wildman–Crippen LogP) is 2.44. The fourth-order valence-corrected chi connectivity index (χ4v) is 4.96. The molecule has 0 bridgehead atoms. The first-order valence-corrected chi connectivity index (χ1v) is 9.00. The Balaban J connectivity index is 2.05. The van der Waals surface area contributed by atoms with Crippen molar-refractivity contribution in [2.45, 2.75) is 43.6 Å². The molecule has 1 N–H and O–H groups in total. The third kappa shape index (κ3) is 3.56. The van der Waals surface area contributed by atoms with E-state index in [0.717, 1.165) is 12.8 Å². The maximum absolute atomic E-state index is 12.4. The molecular formula is C13H21NO3S2. The number of aliphatic hydroxyl groups excluding tert-OH is 1. The molecule has 1 aliphatic carbocycles. The van der Waals surface area contributed by atoms with E-state index >= 15 is 0 Å². The molecule has 108 valence electrons. The van der Waals surface area contributed by atoms with E-state index in [1.807, 2.05) is 0 Å². The molecule has 0 atom stereocenters. The summed E-state index contributed by atoms with van der Waals surface area (Å²) in [4.78, 5) is 0.990. The highest BCUT2D eigenvalue weighted by Crippen LogP contribution is 2.27. The molecule has 2 rings (SSSR count). The van der Waals surface area contributed by atoms with Crippen LogP contribution in [0.25, 0.3) is 0 Å². The Morgan fingerprint density at radius 2 is 2.05 bits per heavy atom. The van der Waals surface area contributed by atoms with Gasteiger partial charge in [0.1, 0.15) is 0 Å². The molecule has 0 aromatic carbocycles. The van der Waals surface area contributed by atoms with E-state index < -0.39 is 10.0 Å². The number of rotatable bonds is 5. The molecule has 1 fully saturated rings. The molecular weight excluding hydrogens is 282 g/mol. The first-order valence-electron chi connectivity index (χ1n) is 6.68. The predicted molar refractivity (Wildman–Crippen MR) is 76.6 cm³/mol. The van der Waals surface area contributed by atoms with Gasteiger partial charge in [0.05, 0.1) is 11.5 Å². The van der Waals surface area contributed by atoms with Gasteiger partial charge in [-0.3, -0.25) is 0 Å². The average Bonchev–Trinajstić information content (AvgIpc) is 2.89. The van der Waals surface area contributed by atoms with Crippen molar-refractivity contribution in [3.05, 3.63) is 16.3 Å². The molecule has 19 heavy (non-hydrogen) atoms. The van der Waals surface area contributed by atoms with Crippen LogP contribution in [-0.2, 0) is 16.6 Å². The van der Waals surface area contributed by atoms with Crippen molar-refractivity contribution in [1.29, 1.82) is 0 Å². The van der Waals surface area contributed by atoms with Gasteiger partial charge in [0.25, 0.3) is 0 Å². The van der Waals surface area contributed by atoms with Crippen molar-refractivity contribution in [1.82, 2.24) is 4.31 Å². The summed E-state index contributed by atoms with van der Waals surface area (Å²) in [6, 6.07) is 1.57. The first kappa shape index (κ1) is 15.0. The highest BCUT2D eigenvalue weighted by Gasteiger charge is 2.25. The molecule has 0 unspecified atom stereocenters. The van der Waals surface area contributed by atoms with Gasteiger partial charge < -0.3 is 5.11 Å². The Morgan fingerprint density at radius 1 is 1.37 bits per heavy atom. The standard InChI is InChI=1S/C13H21NO3S2/c1-14(8-11-5-3-2-4-6-11)19(16,17)13-7-12(9-15)18-10-13/h7,10-11,15H,2-6,8-9H2,1H3. The minimum absolute atomic E-state index is 0.105. The largest absolute Gasteiger partial charge is 0.391 e. The van der Waals surface area contributed by atoms with Crippen LogP contribution in [-0.4, -0.2) is 31.4 Å². The average molecular weight is 303 g/mol. The number of nitrogens with zero attached hydrogens (tertiary/aromatic N) is 1. The lowest BCUT2D eigenvalue weighted by molar-refractivity contribution is 0.285. The number of hydrogen-bond acceptors (Lipinski definition) is 4. The zero-order valence-corrected chi connectivity index (χ0v) is 12.8. The van der Waals surface area contributed by atoms with Gasteiger partial charge in [-0.05, 0) is 24.8 Å². The summed E-state index contributed by atoms with van der Waals surface area (Å²) in [5.74, 6) is 0.490. The van der Waals surface area contributed by atoms with E-state index in [-0.39, 0.29) is 6.61 Å². The van der Waals surface area contributed by atoms with E-state index in [9.17, 15) is 8.42 Å². The van der Waals surface area contributed by atoms with Gasteiger partial charge in [0.2, 0.25) is 10.0 Å². The molecule has 0 spiro atoms. The maximum atomic E-state index is 12.4. The topological polar surface area (TPSA) is 57.6 Å². The zero-order chi connectivity index (χ0) is 13.9. The molecule has 1 aromatic heterocycles. The molecule has 1 aromatic rings. The molecule has 0 amide bonds. The molecule has 0 aliphatic heterocycles. The van der Waals surface area contributed by atoms with Crippen LogP contribution in [0.1, 0.15) is 37.0 Å². The summed E-state index contributed by atoms with van der Waals surface area (Å²) in [6.45, 7) is 0.499. The van der Waals surface area contributed by atoms with Crippen LogP contribution in [0.3, 0.4) is 0 Å². The van der Waals surface area contributed by atoms with Gasteiger partial charge in [-0.1, -0.05) is 19.3 Å². The smallest absolute Gasteiger partial charge is 0.243 e. The Hall–Kier alpha value is -0.430. The van der Waals surface area contributed by atoms with E-state index in [1.165, 1.54) is 34.9 Å². The molecule has 6 heteroatoms. The lowest BCUT2D eigenvalue weighted by atomic mass is 9.89. The van der Waals surface area contributed by atoms with Crippen molar-refractivity contribution >= 4 is 21.4 Å². The van der Waals surface area contributed by atoms with Crippen molar-refractivity contribution in [3.8, 4) is 0 Å². The summed E-state index contributed by atoms with van der Waals surface area (Å²) in [7, 11) is -1.74. The van der Waals surface area contributed by atoms with Crippen LogP contribution in [0, 0.1) is 5.92 Å². The van der Waals surface area contributed by atoms with Crippen molar-refractivity contribution in [2.24, 2.45) is 5.92 Å². The summed E-state index contributed by atoms with van der Waals surface area (Å²) in [6.07, 6.45) is 5.96. The lowest BCUT2D eigenvalue weighted by Gasteiger charge is -2.26. The van der Waals surface area contributed by atoms with Crippen molar-refractivity contribution in [2.75, 3.05) is 13.6 Å².